The Labute approximate surface area is 181 Å². The number of piperidine rings is 1. The van der Waals surface area contributed by atoms with Crippen molar-refractivity contribution in [3.8, 4) is 11.6 Å². The SMILES string of the molecule is Nc1nc(Cc2ccccc2)nc(-c2noc(N3CCC(COCC4CC4)CC3)n2)n1. The lowest BCUT2D eigenvalue weighted by atomic mass is 9.98. The predicted molar refractivity (Wildman–Crippen MR) is 115 cm³/mol. The van der Waals surface area contributed by atoms with Gasteiger partial charge < -0.3 is 19.9 Å². The van der Waals surface area contributed by atoms with E-state index in [1.807, 2.05) is 30.3 Å². The first-order chi connectivity index (χ1) is 15.2. The summed E-state index contributed by atoms with van der Waals surface area (Å²) in [7, 11) is 0. The van der Waals surface area contributed by atoms with Gasteiger partial charge in [0.15, 0.2) is 0 Å². The summed E-state index contributed by atoms with van der Waals surface area (Å²) in [6.07, 6.45) is 5.34. The molecule has 1 aliphatic carbocycles. The van der Waals surface area contributed by atoms with E-state index in [-0.39, 0.29) is 5.95 Å². The van der Waals surface area contributed by atoms with Gasteiger partial charge >= 0.3 is 6.01 Å². The lowest BCUT2D eigenvalue weighted by molar-refractivity contribution is 0.0824. The molecule has 3 aromatic rings. The summed E-state index contributed by atoms with van der Waals surface area (Å²) in [6.45, 7) is 3.53. The first-order valence-electron chi connectivity index (χ1n) is 10.9. The van der Waals surface area contributed by atoms with Crippen molar-refractivity contribution in [3.63, 3.8) is 0 Å². The van der Waals surface area contributed by atoms with E-state index < -0.39 is 0 Å². The molecule has 1 saturated carbocycles. The Bertz CT molecular complexity index is 998. The average molecular weight is 422 g/mol. The van der Waals surface area contributed by atoms with Crippen molar-refractivity contribution in [1.82, 2.24) is 25.1 Å². The van der Waals surface area contributed by atoms with Crippen molar-refractivity contribution in [3.05, 3.63) is 41.7 Å². The first-order valence-corrected chi connectivity index (χ1v) is 10.9. The summed E-state index contributed by atoms with van der Waals surface area (Å²) in [4.78, 5) is 19.6. The van der Waals surface area contributed by atoms with E-state index in [1.165, 1.54) is 12.8 Å². The van der Waals surface area contributed by atoms with Crippen LogP contribution < -0.4 is 10.6 Å². The molecule has 9 heteroatoms. The minimum Gasteiger partial charge on any atom is -0.381 e. The standard InChI is InChI=1S/C22H27N7O2/c23-21-25-18(12-15-4-2-1-3-5-15)24-19(26-21)20-27-22(31-28-20)29-10-8-17(9-11-29)14-30-13-16-6-7-16/h1-5,16-17H,6-14H2,(H2,23,24,25,26). The molecular formula is C22H27N7O2. The summed E-state index contributed by atoms with van der Waals surface area (Å²) < 4.78 is 11.4. The molecule has 2 aromatic heterocycles. The molecule has 31 heavy (non-hydrogen) atoms. The molecule has 0 amide bonds. The molecule has 0 spiro atoms. The second-order valence-corrected chi connectivity index (χ2v) is 8.41. The van der Waals surface area contributed by atoms with Crippen molar-refractivity contribution < 1.29 is 9.26 Å². The third kappa shape index (κ3) is 5.16. The molecule has 1 aromatic carbocycles. The Morgan fingerprint density at radius 1 is 0.903 bits per heavy atom. The van der Waals surface area contributed by atoms with Crippen LogP contribution in [-0.2, 0) is 11.2 Å². The molecule has 9 nitrogen and oxygen atoms in total. The number of nitrogens with zero attached hydrogens (tertiary/aromatic N) is 6. The van der Waals surface area contributed by atoms with Crippen molar-refractivity contribution >= 4 is 12.0 Å². The third-order valence-corrected chi connectivity index (χ3v) is 5.81. The van der Waals surface area contributed by atoms with Gasteiger partial charge in [-0.1, -0.05) is 35.5 Å². The summed E-state index contributed by atoms with van der Waals surface area (Å²) in [5.41, 5.74) is 7.00. The Hall–Kier alpha value is -3.07. The molecule has 5 rings (SSSR count). The van der Waals surface area contributed by atoms with Gasteiger partial charge in [-0.15, -0.1) is 0 Å². The Morgan fingerprint density at radius 3 is 2.39 bits per heavy atom. The topological polar surface area (TPSA) is 116 Å². The van der Waals surface area contributed by atoms with Gasteiger partial charge in [0.05, 0.1) is 0 Å². The van der Waals surface area contributed by atoms with Gasteiger partial charge in [-0.2, -0.15) is 15.0 Å². The number of anilines is 2. The van der Waals surface area contributed by atoms with E-state index in [0.717, 1.165) is 50.6 Å². The van der Waals surface area contributed by atoms with Gasteiger partial charge in [0.25, 0.3) is 0 Å². The maximum absolute atomic E-state index is 5.91. The normalized spacial score (nSPS) is 17.2. The lowest BCUT2D eigenvalue weighted by Gasteiger charge is -2.30. The van der Waals surface area contributed by atoms with Crippen LogP contribution in [0.3, 0.4) is 0 Å². The molecule has 0 atom stereocenters. The van der Waals surface area contributed by atoms with Crippen molar-refractivity contribution in [1.29, 1.82) is 0 Å². The van der Waals surface area contributed by atoms with Gasteiger partial charge in [0.2, 0.25) is 17.6 Å². The molecule has 0 bridgehead atoms. The molecule has 162 valence electrons. The monoisotopic (exact) mass is 421 g/mol. The zero-order valence-corrected chi connectivity index (χ0v) is 17.5. The number of aromatic nitrogens is 5. The van der Waals surface area contributed by atoms with Crippen molar-refractivity contribution in [2.24, 2.45) is 11.8 Å². The number of hydrogen-bond donors (Lipinski definition) is 1. The van der Waals surface area contributed by atoms with Gasteiger partial charge in [0, 0.05) is 32.7 Å². The van der Waals surface area contributed by atoms with Crippen LogP contribution in [0.15, 0.2) is 34.9 Å². The van der Waals surface area contributed by atoms with Gasteiger partial charge in [-0.25, -0.2) is 4.98 Å². The van der Waals surface area contributed by atoms with Crippen LogP contribution in [0.25, 0.3) is 11.6 Å². The molecule has 2 N–H and O–H groups in total. The van der Waals surface area contributed by atoms with E-state index in [2.05, 4.69) is 30.0 Å². The van der Waals surface area contributed by atoms with Crippen LogP contribution >= 0.6 is 0 Å². The molecule has 2 fully saturated rings. The molecule has 0 radical (unpaired) electrons. The van der Waals surface area contributed by atoms with Crippen molar-refractivity contribution in [2.45, 2.75) is 32.1 Å². The summed E-state index contributed by atoms with van der Waals surface area (Å²) in [5.74, 6) is 2.79. The minimum atomic E-state index is 0.147. The predicted octanol–water partition coefficient (Wildman–Crippen LogP) is 2.74. The second-order valence-electron chi connectivity index (χ2n) is 8.41. The van der Waals surface area contributed by atoms with Crippen molar-refractivity contribution in [2.75, 3.05) is 36.9 Å². The smallest absolute Gasteiger partial charge is 0.324 e. The van der Waals surface area contributed by atoms with Gasteiger partial charge in [0.1, 0.15) is 5.82 Å². The highest BCUT2D eigenvalue weighted by molar-refractivity contribution is 5.47. The number of ether oxygens (including phenoxy) is 1. The van der Waals surface area contributed by atoms with Crippen LogP contribution in [0.1, 0.15) is 37.1 Å². The van der Waals surface area contributed by atoms with Crippen LogP contribution in [0, 0.1) is 11.8 Å². The maximum atomic E-state index is 5.91. The summed E-state index contributed by atoms with van der Waals surface area (Å²) in [5, 5.41) is 4.09. The largest absolute Gasteiger partial charge is 0.381 e. The van der Waals surface area contributed by atoms with E-state index in [1.54, 1.807) is 0 Å². The maximum Gasteiger partial charge on any atom is 0.324 e. The molecule has 0 unspecified atom stereocenters. The molecule has 1 saturated heterocycles. The van der Waals surface area contributed by atoms with E-state index in [0.29, 0.717) is 35.8 Å². The highest BCUT2D eigenvalue weighted by Gasteiger charge is 2.26. The summed E-state index contributed by atoms with van der Waals surface area (Å²) in [6, 6.07) is 10.5. The number of benzene rings is 1. The molecule has 2 aliphatic rings. The van der Waals surface area contributed by atoms with Crippen LogP contribution in [-0.4, -0.2) is 51.4 Å². The Morgan fingerprint density at radius 2 is 1.65 bits per heavy atom. The number of nitrogens with two attached hydrogens (primary N) is 1. The number of rotatable bonds is 8. The zero-order chi connectivity index (χ0) is 21.0. The average Bonchev–Trinajstić information content (AvgIpc) is 3.47. The molecule has 1 aliphatic heterocycles. The molecule has 3 heterocycles. The fourth-order valence-corrected chi connectivity index (χ4v) is 3.81. The van der Waals surface area contributed by atoms with Crippen LogP contribution in [0.5, 0.6) is 0 Å². The van der Waals surface area contributed by atoms with Gasteiger partial charge in [-0.05, 0) is 43.1 Å². The summed E-state index contributed by atoms with van der Waals surface area (Å²) >= 11 is 0. The fraction of sp³-hybridized carbons (Fsp3) is 0.500. The third-order valence-electron chi connectivity index (χ3n) is 5.81. The van der Waals surface area contributed by atoms with Crippen LogP contribution in [0.2, 0.25) is 0 Å². The molecular weight excluding hydrogens is 394 g/mol. The minimum absolute atomic E-state index is 0.147. The second kappa shape index (κ2) is 8.97. The first kappa shape index (κ1) is 19.9. The number of hydrogen-bond acceptors (Lipinski definition) is 9. The highest BCUT2D eigenvalue weighted by Crippen LogP contribution is 2.30. The van der Waals surface area contributed by atoms with Gasteiger partial charge in [-0.3, -0.25) is 0 Å². The van der Waals surface area contributed by atoms with E-state index in [9.17, 15) is 0 Å². The Balaban J connectivity index is 1.21. The van der Waals surface area contributed by atoms with E-state index >= 15 is 0 Å². The lowest BCUT2D eigenvalue weighted by Crippen LogP contribution is -2.35. The van der Waals surface area contributed by atoms with Crippen LogP contribution in [0.4, 0.5) is 12.0 Å². The Kier molecular flexibility index (Phi) is 5.75. The zero-order valence-electron chi connectivity index (χ0n) is 17.5. The van der Waals surface area contributed by atoms with E-state index in [4.69, 9.17) is 15.0 Å². The number of nitrogen functional groups attached to an aromatic ring is 1. The highest BCUT2D eigenvalue weighted by atomic mass is 16.5. The fourth-order valence-electron chi connectivity index (χ4n) is 3.81. The quantitative estimate of drug-likeness (QED) is 0.586.